The van der Waals surface area contributed by atoms with Crippen molar-refractivity contribution < 1.29 is 9.21 Å². The lowest BCUT2D eigenvalue weighted by molar-refractivity contribution is 0.0934. The zero-order valence-electron chi connectivity index (χ0n) is 11.2. The molecule has 0 saturated carbocycles. The first-order valence-electron chi connectivity index (χ1n) is 6.34. The molecule has 3 heterocycles. The Labute approximate surface area is 139 Å². The molecule has 1 atom stereocenters. The molecule has 0 aliphatic carbocycles. The molecule has 0 radical (unpaired) electrons. The third-order valence-corrected chi connectivity index (χ3v) is 4.10. The number of rotatable bonds is 3. The smallest absolute Gasteiger partial charge is 0.263 e. The zero-order chi connectivity index (χ0) is 13.1. The highest BCUT2D eigenvalue weighted by Crippen LogP contribution is 2.25. The van der Waals surface area contributed by atoms with Gasteiger partial charge in [-0.05, 0) is 31.5 Å². The van der Waals surface area contributed by atoms with Crippen LogP contribution in [0.5, 0.6) is 0 Å². The van der Waals surface area contributed by atoms with E-state index in [0.29, 0.717) is 10.6 Å². The number of carbonyl (C=O) groups excluding carboxylic acids is 1. The number of amides is 1. The topological polar surface area (TPSA) is 67.2 Å². The Morgan fingerprint density at radius 1 is 1.48 bits per heavy atom. The zero-order valence-corrected chi connectivity index (χ0v) is 13.7. The van der Waals surface area contributed by atoms with Crippen LogP contribution in [0.15, 0.2) is 29.0 Å². The molecule has 1 unspecified atom stereocenters. The van der Waals surface area contributed by atoms with E-state index in [-0.39, 0.29) is 36.8 Å². The molecule has 1 aliphatic heterocycles. The first-order valence-corrected chi connectivity index (χ1v) is 7.16. The van der Waals surface area contributed by atoms with Crippen LogP contribution in [-0.4, -0.2) is 30.0 Å². The van der Waals surface area contributed by atoms with E-state index in [1.807, 2.05) is 12.1 Å². The van der Waals surface area contributed by atoms with Gasteiger partial charge in [-0.1, -0.05) is 0 Å². The third kappa shape index (κ3) is 4.44. The molecule has 116 valence electrons. The molecule has 21 heavy (non-hydrogen) atoms. The van der Waals surface area contributed by atoms with Crippen molar-refractivity contribution >= 4 is 42.1 Å². The quantitative estimate of drug-likeness (QED) is 0.893. The van der Waals surface area contributed by atoms with E-state index in [1.165, 1.54) is 11.3 Å². The average Bonchev–Trinajstić information content (AvgIpc) is 3.11. The summed E-state index contributed by atoms with van der Waals surface area (Å²) in [6, 6.07) is 3.87. The molecular formula is C13H17Cl2N3O2S. The second-order valence-electron chi connectivity index (χ2n) is 4.52. The van der Waals surface area contributed by atoms with E-state index in [0.717, 1.165) is 30.9 Å². The molecule has 2 N–H and O–H groups in total. The van der Waals surface area contributed by atoms with Crippen LogP contribution in [-0.2, 0) is 0 Å². The third-order valence-electron chi connectivity index (χ3n) is 3.09. The Balaban J connectivity index is 0.00000110. The minimum atomic E-state index is -0.0518. The molecule has 5 nitrogen and oxygen atoms in total. The van der Waals surface area contributed by atoms with Crippen LogP contribution >= 0.6 is 36.2 Å². The van der Waals surface area contributed by atoms with E-state index in [2.05, 4.69) is 15.6 Å². The molecule has 1 saturated heterocycles. The van der Waals surface area contributed by atoms with Gasteiger partial charge in [-0.2, -0.15) is 0 Å². The highest BCUT2D eigenvalue weighted by molar-refractivity contribution is 7.16. The summed E-state index contributed by atoms with van der Waals surface area (Å²) in [6.07, 6.45) is 5.34. The van der Waals surface area contributed by atoms with Crippen molar-refractivity contribution in [2.24, 2.45) is 0 Å². The first kappa shape index (κ1) is 18.0. The van der Waals surface area contributed by atoms with E-state index in [9.17, 15) is 4.79 Å². The van der Waals surface area contributed by atoms with Crippen LogP contribution in [0.3, 0.4) is 0 Å². The van der Waals surface area contributed by atoms with Crippen molar-refractivity contribution in [2.75, 3.05) is 13.1 Å². The molecule has 0 bridgehead atoms. The summed E-state index contributed by atoms with van der Waals surface area (Å²) in [4.78, 5) is 16.9. The Bertz CT molecular complexity index is 554. The van der Waals surface area contributed by atoms with E-state index in [1.54, 1.807) is 12.5 Å². The molecule has 2 aromatic heterocycles. The maximum Gasteiger partial charge on any atom is 0.263 e. The van der Waals surface area contributed by atoms with Crippen molar-refractivity contribution in [1.82, 2.24) is 15.6 Å². The SMILES string of the molecule is Cl.Cl.O=C(NC1CCCNC1)c1cnc(-c2ccco2)s1. The monoisotopic (exact) mass is 349 g/mol. The normalized spacial score (nSPS) is 17.4. The highest BCUT2D eigenvalue weighted by atomic mass is 35.5. The second kappa shape index (κ2) is 8.38. The van der Waals surface area contributed by atoms with Gasteiger partial charge in [0.25, 0.3) is 5.91 Å². The van der Waals surface area contributed by atoms with Gasteiger partial charge in [0.1, 0.15) is 4.88 Å². The lowest BCUT2D eigenvalue weighted by Gasteiger charge is -2.23. The van der Waals surface area contributed by atoms with Gasteiger partial charge in [0.05, 0.1) is 12.5 Å². The maximum absolute atomic E-state index is 12.1. The fourth-order valence-corrected chi connectivity index (χ4v) is 2.91. The summed E-state index contributed by atoms with van der Waals surface area (Å²) in [5.74, 6) is 0.646. The van der Waals surface area contributed by atoms with Gasteiger partial charge in [-0.15, -0.1) is 36.2 Å². The number of halogens is 2. The van der Waals surface area contributed by atoms with E-state index in [4.69, 9.17) is 4.42 Å². The summed E-state index contributed by atoms with van der Waals surface area (Å²) in [6.45, 7) is 1.88. The van der Waals surface area contributed by atoms with Crippen LogP contribution in [0.2, 0.25) is 0 Å². The average molecular weight is 350 g/mol. The Morgan fingerprint density at radius 2 is 2.33 bits per heavy atom. The van der Waals surface area contributed by atoms with Gasteiger partial charge in [0.15, 0.2) is 10.8 Å². The van der Waals surface area contributed by atoms with E-state index < -0.39 is 0 Å². The largest absolute Gasteiger partial charge is 0.462 e. The lowest BCUT2D eigenvalue weighted by atomic mass is 10.1. The molecule has 1 fully saturated rings. The number of piperidine rings is 1. The Morgan fingerprint density at radius 3 is 3.00 bits per heavy atom. The second-order valence-corrected chi connectivity index (χ2v) is 5.55. The van der Waals surface area contributed by atoms with Crippen LogP contribution < -0.4 is 10.6 Å². The summed E-state index contributed by atoms with van der Waals surface area (Å²) in [5.41, 5.74) is 0. The highest BCUT2D eigenvalue weighted by Gasteiger charge is 2.18. The predicted molar refractivity (Wildman–Crippen MR) is 87.7 cm³/mol. The fourth-order valence-electron chi connectivity index (χ4n) is 2.12. The van der Waals surface area contributed by atoms with Crippen molar-refractivity contribution in [3.05, 3.63) is 29.5 Å². The number of aromatic nitrogens is 1. The van der Waals surface area contributed by atoms with Crippen molar-refractivity contribution in [1.29, 1.82) is 0 Å². The van der Waals surface area contributed by atoms with Crippen molar-refractivity contribution in [3.63, 3.8) is 0 Å². The molecule has 1 amide bonds. The number of nitrogens with one attached hydrogen (secondary N) is 2. The summed E-state index contributed by atoms with van der Waals surface area (Å²) in [7, 11) is 0. The van der Waals surface area contributed by atoms with Gasteiger partial charge in [0, 0.05) is 12.6 Å². The van der Waals surface area contributed by atoms with Crippen LogP contribution in [0.4, 0.5) is 0 Å². The van der Waals surface area contributed by atoms with Crippen LogP contribution in [0, 0.1) is 0 Å². The number of carbonyl (C=O) groups is 1. The molecule has 3 rings (SSSR count). The van der Waals surface area contributed by atoms with E-state index >= 15 is 0 Å². The molecule has 0 aromatic carbocycles. The maximum atomic E-state index is 12.1. The number of hydrogen-bond donors (Lipinski definition) is 2. The number of nitrogens with zero attached hydrogens (tertiary/aromatic N) is 1. The molecule has 1 aliphatic rings. The minimum Gasteiger partial charge on any atom is -0.462 e. The summed E-state index contributed by atoms with van der Waals surface area (Å²) >= 11 is 1.35. The van der Waals surface area contributed by atoms with Gasteiger partial charge in [0.2, 0.25) is 0 Å². The van der Waals surface area contributed by atoms with Crippen LogP contribution in [0.25, 0.3) is 10.8 Å². The molecule has 2 aromatic rings. The van der Waals surface area contributed by atoms with Gasteiger partial charge >= 0.3 is 0 Å². The van der Waals surface area contributed by atoms with Gasteiger partial charge in [-0.25, -0.2) is 4.98 Å². The van der Waals surface area contributed by atoms with Gasteiger partial charge < -0.3 is 15.1 Å². The van der Waals surface area contributed by atoms with Crippen molar-refractivity contribution in [3.8, 4) is 10.8 Å². The summed E-state index contributed by atoms with van der Waals surface area (Å²) < 4.78 is 5.27. The Kier molecular flexibility index (Phi) is 7.17. The minimum absolute atomic E-state index is 0. The van der Waals surface area contributed by atoms with Crippen molar-refractivity contribution in [2.45, 2.75) is 18.9 Å². The molecule has 8 heteroatoms. The van der Waals surface area contributed by atoms with Gasteiger partial charge in [-0.3, -0.25) is 4.79 Å². The standard InChI is InChI=1S/C13H15N3O2S.2ClH/c17-12(16-9-3-1-5-14-7-9)11-8-15-13(19-11)10-4-2-6-18-10;;/h2,4,6,8-9,14H,1,3,5,7H2,(H,16,17);2*1H. The Hall–Kier alpha value is -1.08. The predicted octanol–water partition coefficient (Wildman–Crippen LogP) is 2.73. The molecule has 0 spiro atoms. The van der Waals surface area contributed by atoms with Crippen LogP contribution in [0.1, 0.15) is 22.5 Å². The number of hydrogen-bond acceptors (Lipinski definition) is 5. The summed E-state index contributed by atoms with van der Waals surface area (Å²) in [5, 5.41) is 7.04. The fraction of sp³-hybridized carbons (Fsp3) is 0.385. The number of thiazole rings is 1. The lowest BCUT2D eigenvalue weighted by Crippen LogP contribution is -2.45. The molecular weight excluding hydrogens is 333 g/mol. The number of furan rings is 1. The first-order chi connectivity index (χ1) is 9.33.